The van der Waals surface area contributed by atoms with Crippen molar-refractivity contribution in [1.29, 1.82) is 0 Å². The lowest BCUT2D eigenvalue weighted by Crippen LogP contribution is -2.28. The van der Waals surface area contributed by atoms with Crippen molar-refractivity contribution < 1.29 is 4.79 Å². The molecule has 94 valence electrons. The zero-order valence-electron chi connectivity index (χ0n) is 10.4. The van der Waals surface area contributed by atoms with Gasteiger partial charge in [-0.05, 0) is 26.0 Å². The van der Waals surface area contributed by atoms with Crippen molar-refractivity contribution in [2.24, 2.45) is 0 Å². The Labute approximate surface area is 106 Å². The Balaban J connectivity index is 1.89. The van der Waals surface area contributed by atoms with E-state index in [1.165, 1.54) is 0 Å². The summed E-state index contributed by atoms with van der Waals surface area (Å²) in [6.45, 7) is 4.31. The number of aromatic nitrogens is 2. The normalized spacial score (nSPS) is 10.1. The molecule has 2 amide bonds. The van der Waals surface area contributed by atoms with Gasteiger partial charge in [-0.15, -0.1) is 0 Å². The second-order valence-corrected chi connectivity index (χ2v) is 4.09. The van der Waals surface area contributed by atoms with Crippen LogP contribution in [-0.2, 0) is 6.54 Å². The highest BCUT2D eigenvalue weighted by molar-refractivity contribution is 5.89. The van der Waals surface area contributed by atoms with Crippen LogP contribution in [0.1, 0.15) is 17.0 Å². The average molecular weight is 244 g/mol. The lowest BCUT2D eigenvalue weighted by atomic mass is 10.2. The number of urea groups is 1. The summed E-state index contributed by atoms with van der Waals surface area (Å²) >= 11 is 0. The smallest absolute Gasteiger partial charge is 0.319 e. The fourth-order valence-corrected chi connectivity index (χ4v) is 1.70. The molecule has 0 atom stereocenters. The predicted molar refractivity (Wildman–Crippen MR) is 70.4 cm³/mol. The third kappa shape index (κ3) is 2.88. The van der Waals surface area contributed by atoms with Crippen LogP contribution in [0.3, 0.4) is 0 Å². The maximum Gasteiger partial charge on any atom is 0.319 e. The molecule has 18 heavy (non-hydrogen) atoms. The van der Waals surface area contributed by atoms with E-state index < -0.39 is 0 Å². The summed E-state index contributed by atoms with van der Waals surface area (Å²) < 4.78 is 0. The van der Waals surface area contributed by atoms with Crippen LogP contribution in [0, 0.1) is 13.8 Å². The first kappa shape index (κ1) is 12.2. The Morgan fingerprint density at radius 2 is 2.00 bits per heavy atom. The first-order valence-corrected chi connectivity index (χ1v) is 5.77. The number of para-hydroxylation sites is 1. The van der Waals surface area contributed by atoms with E-state index >= 15 is 0 Å². The molecule has 0 aliphatic heterocycles. The maximum atomic E-state index is 11.7. The van der Waals surface area contributed by atoms with Gasteiger partial charge in [-0.1, -0.05) is 18.2 Å². The SMILES string of the molecule is Cc1n[nH]c(C)c1CNC(=O)Nc1ccccc1. The lowest BCUT2D eigenvalue weighted by Gasteiger charge is -2.07. The Bertz CT molecular complexity index is 514. The van der Waals surface area contributed by atoms with Crippen LogP contribution in [0.2, 0.25) is 0 Å². The second-order valence-electron chi connectivity index (χ2n) is 4.09. The van der Waals surface area contributed by atoms with E-state index in [0.29, 0.717) is 6.54 Å². The highest BCUT2D eigenvalue weighted by Crippen LogP contribution is 2.09. The summed E-state index contributed by atoms with van der Waals surface area (Å²) in [6, 6.07) is 9.12. The predicted octanol–water partition coefficient (Wildman–Crippen LogP) is 2.35. The minimum absolute atomic E-state index is 0.221. The van der Waals surface area contributed by atoms with Crippen molar-refractivity contribution in [3.63, 3.8) is 0 Å². The van der Waals surface area contributed by atoms with Crippen molar-refractivity contribution in [3.05, 3.63) is 47.3 Å². The number of amides is 2. The van der Waals surface area contributed by atoms with Crippen LogP contribution in [-0.4, -0.2) is 16.2 Å². The third-order valence-corrected chi connectivity index (χ3v) is 2.74. The minimum Gasteiger partial charge on any atom is -0.334 e. The van der Waals surface area contributed by atoms with E-state index in [1.54, 1.807) is 0 Å². The molecule has 0 fully saturated rings. The van der Waals surface area contributed by atoms with Crippen LogP contribution in [0.25, 0.3) is 0 Å². The number of nitrogens with one attached hydrogen (secondary N) is 3. The molecular formula is C13H16N4O. The first-order chi connectivity index (χ1) is 8.66. The molecule has 0 radical (unpaired) electrons. The quantitative estimate of drug-likeness (QED) is 0.775. The van der Waals surface area contributed by atoms with Gasteiger partial charge in [-0.2, -0.15) is 5.10 Å². The Kier molecular flexibility index (Phi) is 3.62. The third-order valence-electron chi connectivity index (χ3n) is 2.74. The molecule has 1 heterocycles. The number of nitrogens with zero attached hydrogens (tertiary/aromatic N) is 1. The van der Waals surface area contributed by atoms with Gasteiger partial charge in [-0.3, -0.25) is 5.10 Å². The van der Waals surface area contributed by atoms with Gasteiger partial charge < -0.3 is 10.6 Å². The molecule has 0 saturated heterocycles. The number of aryl methyl sites for hydroxylation is 2. The number of rotatable bonds is 3. The van der Waals surface area contributed by atoms with Crippen molar-refractivity contribution in [2.45, 2.75) is 20.4 Å². The van der Waals surface area contributed by atoms with E-state index in [-0.39, 0.29) is 6.03 Å². The molecule has 0 spiro atoms. The van der Waals surface area contributed by atoms with Crippen LogP contribution >= 0.6 is 0 Å². The van der Waals surface area contributed by atoms with Crippen LogP contribution in [0.4, 0.5) is 10.5 Å². The number of carbonyl (C=O) groups excluding carboxylic acids is 1. The van der Waals surface area contributed by atoms with Gasteiger partial charge in [0.1, 0.15) is 0 Å². The molecule has 2 aromatic rings. The van der Waals surface area contributed by atoms with Crippen molar-refractivity contribution in [1.82, 2.24) is 15.5 Å². The molecule has 3 N–H and O–H groups in total. The highest BCUT2D eigenvalue weighted by atomic mass is 16.2. The van der Waals surface area contributed by atoms with E-state index in [2.05, 4.69) is 20.8 Å². The molecule has 0 aliphatic rings. The van der Waals surface area contributed by atoms with Gasteiger partial charge in [0, 0.05) is 23.5 Å². The summed E-state index contributed by atoms with van der Waals surface area (Å²) in [5, 5.41) is 12.5. The standard InChI is InChI=1S/C13H16N4O/c1-9-12(10(2)17-16-9)8-14-13(18)15-11-6-4-3-5-7-11/h3-7H,8H2,1-2H3,(H,16,17)(H2,14,15,18). The molecule has 1 aromatic carbocycles. The molecule has 0 saturated carbocycles. The number of H-pyrrole nitrogens is 1. The number of benzene rings is 1. The number of hydrogen-bond donors (Lipinski definition) is 3. The largest absolute Gasteiger partial charge is 0.334 e. The molecule has 5 nitrogen and oxygen atoms in total. The highest BCUT2D eigenvalue weighted by Gasteiger charge is 2.07. The molecule has 0 unspecified atom stereocenters. The van der Waals surface area contributed by atoms with Gasteiger partial charge in [-0.25, -0.2) is 4.79 Å². The van der Waals surface area contributed by atoms with Gasteiger partial charge in [0.15, 0.2) is 0 Å². The van der Waals surface area contributed by atoms with Crippen LogP contribution in [0.5, 0.6) is 0 Å². The van der Waals surface area contributed by atoms with E-state index in [9.17, 15) is 4.79 Å². The van der Waals surface area contributed by atoms with Gasteiger partial charge in [0.05, 0.1) is 5.69 Å². The molecule has 0 aliphatic carbocycles. The zero-order valence-corrected chi connectivity index (χ0v) is 10.4. The fourth-order valence-electron chi connectivity index (χ4n) is 1.70. The van der Waals surface area contributed by atoms with Gasteiger partial charge in [0.2, 0.25) is 0 Å². The Morgan fingerprint density at radius 3 is 2.61 bits per heavy atom. The molecule has 0 bridgehead atoms. The van der Waals surface area contributed by atoms with Crippen molar-refractivity contribution in [3.8, 4) is 0 Å². The van der Waals surface area contributed by atoms with Gasteiger partial charge in [0.25, 0.3) is 0 Å². The van der Waals surface area contributed by atoms with Gasteiger partial charge >= 0.3 is 6.03 Å². The first-order valence-electron chi connectivity index (χ1n) is 5.77. The number of anilines is 1. The summed E-state index contributed by atoms with van der Waals surface area (Å²) in [7, 11) is 0. The molecular weight excluding hydrogens is 228 g/mol. The number of aromatic amines is 1. The number of hydrogen-bond acceptors (Lipinski definition) is 2. The topological polar surface area (TPSA) is 69.8 Å². The Morgan fingerprint density at radius 1 is 1.28 bits per heavy atom. The maximum absolute atomic E-state index is 11.7. The summed E-state index contributed by atoms with van der Waals surface area (Å²) in [6.07, 6.45) is 0. The lowest BCUT2D eigenvalue weighted by molar-refractivity contribution is 0.251. The average Bonchev–Trinajstić information content (AvgIpc) is 2.68. The zero-order chi connectivity index (χ0) is 13.0. The summed E-state index contributed by atoms with van der Waals surface area (Å²) in [5.74, 6) is 0. The van der Waals surface area contributed by atoms with Crippen LogP contribution < -0.4 is 10.6 Å². The van der Waals surface area contributed by atoms with E-state index in [1.807, 2.05) is 44.2 Å². The Hall–Kier alpha value is -2.30. The fraction of sp³-hybridized carbons (Fsp3) is 0.231. The number of carbonyl (C=O) groups is 1. The summed E-state index contributed by atoms with van der Waals surface area (Å²) in [5.41, 5.74) is 3.69. The summed E-state index contributed by atoms with van der Waals surface area (Å²) in [4.78, 5) is 11.7. The molecule has 1 aromatic heterocycles. The van der Waals surface area contributed by atoms with E-state index in [0.717, 1.165) is 22.6 Å². The van der Waals surface area contributed by atoms with E-state index in [4.69, 9.17) is 0 Å². The van der Waals surface area contributed by atoms with Crippen molar-refractivity contribution in [2.75, 3.05) is 5.32 Å². The van der Waals surface area contributed by atoms with Crippen molar-refractivity contribution >= 4 is 11.7 Å². The minimum atomic E-state index is -0.221. The second kappa shape index (κ2) is 5.35. The molecule has 2 rings (SSSR count). The monoisotopic (exact) mass is 244 g/mol. The molecule has 5 heteroatoms. The van der Waals surface area contributed by atoms with Crippen LogP contribution in [0.15, 0.2) is 30.3 Å².